The molecule has 0 radical (unpaired) electrons. The molecule has 8 heteroatoms. The number of aliphatic hydroxyl groups excluding tert-OH is 1. The third-order valence-electron chi connectivity index (χ3n) is 2.16. The highest BCUT2D eigenvalue weighted by molar-refractivity contribution is 7.82. The quantitative estimate of drug-likeness (QED) is 0.592. The van der Waals surface area contributed by atoms with E-state index in [9.17, 15) is 13.5 Å². The first-order valence-corrected chi connectivity index (χ1v) is 5.69. The van der Waals surface area contributed by atoms with E-state index in [2.05, 4.69) is 8.37 Å². The largest absolute Gasteiger partial charge is 0.501 e. The van der Waals surface area contributed by atoms with Gasteiger partial charge in [-0.25, -0.2) is 0 Å². The number of hydrogen-bond acceptors (Lipinski definition) is 7. The summed E-state index contributed by atoms with van der Waals surface area (Å²) >= 11 is 0. The maximum atomic E-state index is 11.1. The van der Waals surface area contributed by atoms with Crippen molar-refractivity contribution in [2.45, 2.75) is 13.0 Å². The molecule has 2 rings (SSSR count). The van der Waals surface area contributed by atoms with Crippen molar-refractivity contribution in [3.8, 4) is 11.5 Å². The second-order valence-corrected chi connectivity index (χ2v) is 4.53. The van der Waals surface area contributed by atoms with Crippen molar-refractivity contribution in [3.63, 3.8) is 0 Å². The number of nitrogens with two attached hydrogens (primary N) is 2. The minimum absolute atomic E-state index is 0.000255. The zero-order valence-electron chi connectivity index (χ0n) is 8.30. The molecule has 1 aromatic carbocycles. The third-order valence-corrected chi connectivity index (χ3v) is 2.90. The molecule has 1 aromatic rings. The topological polar surface area (TPSA) is 125 Å². The van der Waals surface area contributed by atoms with E-state index >= 15 is 0 Å². The maximum Gasteiger partial charge on any atom is 0.501 e. The number of fused-ring (bicyclic) bond motifs is 1. The Balaban J connectivity index is 2.68. The summed E-state index contributed by atoms with van der Waals surface area (Å²) in [5, 5.41) is 9.41. The van der Waals surface area contributed by atoms with E-state index in [1.807, 2.05) is 0 Å². The second kappa shape index (κ2) is 3.16. The number of benzene rings is 1. The van der Waals surface area contributed by atoms with Crippen LogP contribution in [0.1, 0.15) is 18.6 Å². The van der Waals surface area contributed by atoms with Gasteiger partial charge in [0.25, 0.3) is 0 Å². The number of aliphatic hydroxyl groups is 1. The number of anilines is 2. The lowest BCUT2D eigenvalue weighted by Crippen LogP contribution is -2.08. The molecule has 16 heavy (non-hydrogen) atoms. The molecule has 1 atom stereocenters. The number of nitrogen functional groups attached to an aromatic ring is 2. The van der Waals surface area contributed by atoms with Gasteiger partial charge in [0.15, 0.2) is 0 Å². The van der Waals surface area contributed by atoms with Crippen molar-refractivity contribution < 1.29 is 21.9 Å². The molecule has 5 N–H and O–H groups in total. The summed E-state index contributed by atoms with van der Waals surface area (Å²) < 4.78 is 31.1. The minimum Gasteiger partial charge on any atom is -0.396 e. The van der Waals surface area contributed by atoms with Crippen molar-refractivity contribution in [3.05, 3.63) is 11.6 Å². The molecule has 88 valence electrons. The summed E-state index contributed by atoms with van der Waals surface area (Å²) in [5.41, 5.74) is 11.5. The molecular weight excluding hydrogens is 236 g/mol. The fraction of sp³-hybridized carbons (Fsp3) is 0.250. The van der Waals surface area contributed by atoms with Crippen LogP contribution in [0.3, 0.4) is 0 Å². The Morgan fingerprint density at radius 3 is 2.44 bits per heavy atom. The Labute approximate surface area is 91.9 Å². The van der Waals surface area contributed by atoms with Crippen LogP contribution in [0.25, 0.3) is 0 Å². The maximum absolute atomic E-state index is 11.1. The monoisotopic (exact) mass is 246 g/mol. The van der Waals surface area contributed by atoms with Crippen molar-refractivity contribution in [2.75, 3.05) is 11.5 Å². The lowest BCUT2D eigenvalue weighted by molar-refractivity contribution is 0.200. The normalized spacial score (nSPS) is 18.4. The van der Waals surface area contributed by atoms with Gasteiger partial charge in [0.2, 0.25) is 11.5 Å². The van der Waals surface area contributed by atoms with Gasteiger partial charge in [0, 0.05) is 5.56 Å². The second-order valence-electron chi connectivity index (χ2n) is 3.38. The van der Waals surface area contributed by atoms with Crippen LogP contribution in [-0.2, 0) is 10.4 Å². The van der Waals surface area contributed by atoms with Crippen molar-refractivity contribution in [2.24, 2.45) is 0 Å². The molecule has 0 amide bonds. The van der Waals surface area contributed by atoms with E-state index in [0.717, 1.165) is 0 Å². The van der Waals surface area contributed by atoms with Gasteiger partial charge >= 0.3 is 10.4 Å². The smallest absolute Gasteiger partial charge is 0.396 e. The van der Waals surface area contributed by atoms with Crippen molar-refractivity contribution >= 4 is 21.8 Å². The zero-order chi connectivity index (χ0) is 12.1. The van der Waals surface area contributed by atoms with Gasteiger partial charge in [-0.05, 0) is 13.0 Å². The molecule has 7 nitrogen and oxygen atoms in total. The summed E-state index contributed by atoms with van der Waals surface area (Å²) in [6.45, 7) is 1.47. The first kappa shape index (κ1) is 10.8. The third kappa shape index (κ3) is 1.51. The molecule has 1 unspecified atom stereocenters. The molecular formula is C8H10N2O5S. The summed E-state index contributed by atoms with van der Waals surface area (Å²) in [5.74, 6) is -0.308. The molecule has 0 bridgehead atoms. The molecule has 1 aliphatic heterocycles. The first-order chi connectivity index (χ1) is 7.32. The summed E-state index contributed by atoms with van der Waals surface area (Å²) in [6, 6.07) is 1.35. The Morgan fingerprint density at radius 1 is 1.31 bits per heavy atom. The molecule has 1 aliphatic rings. The van der Waals surface area contributed by atoms with Crippen LogP contribution in [0.4, 0.5) is 11.4 Å². The van der Waals surface area contributed by atoms with Crippen LogP contribution >= 0.6 is 0 Å². The predicted octanol–water partition coefficient (Wildman–Crippen LogP) is -0.0797. The van der Waals surface area contributed by atoms with Crippen LogP contribution in [-0.4, -0.2) is 13.5 Å². The van der Waals surface area contributed by atoms with Crippen LogP contribution < -0.4 is 19.8 Å². The molecule has 1 heterocycles. The van der Waals surface area contributed by atoms with Crippen LogP contribution in [0.15, 0.2) is 6.07 Å². The lowest BCUT2D eigenvalue weighted by Gasteiger charge is -2.11. The van der Waals surface area contributed by atoms with E-state index in [-0.39, 0.29) is 28.4 Å². The highest BCUT2D eigenvalue weighted by Crippen LogP contribution is 2.47. The fourth-order valence-corrected chi connectivity index (χ4v) is 2.21. The van der Waals surface area contributed by atoms with E-state index in [4.69, 9.17) is 11.5 Å². The number of rotatable bonds is 1. The molecule has 0 aromatic heterocycles. The average Bonchev–Trinajstić information content (AvgIpc) is 2.48. The van der Waals surface area contributed by atoms with Gasteiger partial charge in [-0.2, -0.15) is 0 Å². The van der Waals surface area contributed by atoms with Crippen LogP contribution in [0.5, 0.6) is 11.5 Å². The number of hydrogen-bond donors (Lipinski definition) is 3. The van der Waals surface area contributed by atoms with Gasteiger partial charge in [0.05, 0.1) is 17.5 Å². The Kier molecular flexibility index (Phi) is 2.14. The average molecular weight is 246 g/mol. The van der Waals surface area contributed by atoms with Gasteiger partial charge < -0.3 is 24.9 Å². The van der Waals surface area contributed by atoms with Gasteiger partial charge in [0.1, 0.15) is 0 Å². The SMILES string of the molecule is CC(O)c1cc(N)c2c(c1N)OS(=O)(=O)O2. The Bertz CT molecular complexity index is 552. The zero-order valence-corrected chi connectivity index (χ0v) is 9.11. The highest BCUT2D eigenvalue weighted by atomic mass is 32.3. The summed E-state index contributed by atoms with van der Waals surface area (Å²) in [6.07, 6.45) is -0.889. The molecule has 0 fully saturated rings. The van der Waals surface area contributed by atoms with Crippen molar-refractivity contribution in [1.82, 2.24) is 0 Å². The Morgan fingerprint density at radius 2 is 1.88 bits per heavy atom. The van der Waals surface area contributed by atoms with Crippen LogP contribution in [0, 0.1) is 0 Å². The predicted molar refractivity (Wildman–Crippen MR) is 56.1 cm³/mol. The highest BCUT2D eigenvalue weighted by Gasteiger charge is 2.34. The van der Waals surface area contributed by atoms with Gasteiger partial charge in [-0.15, -0.1) is 8.42 Å². The lowest BCUT2D eigenvalue weighted by atomic mass is 10.1. The molecule has 0 spiro atoms. The van der Waals surface area contributed by atoms with E-state index < -0.39 is 16.5 Å². The van der Waals surface area contributed by atoms with Crippen LogP contribution in [0.2, 0.25) is 0 Å². The van der Waals surface area contributed by atoms with Gasteiger partial charge in [-0.1, -0.05) is 0 Å². The first-order valence-electron chi connectivity index (χ1n) is 4.35. The fourth-order valence-electron chi connectivity index (χ4n) is 1.43. The van der Waals surface area contributed by atoms with E-state index in [0.29, 0.717) is 0 Å². The van der Waals surface area contributed by atoms with Gasteiger partial charge in [-0.3, -0.25) is 0 Å². The summed E-state index contributed by atoms with van der Waals surface area (Å²) in [7, 11) is -4.13. The molecule has 0 aliphatic carbocycles. The summed E-state index contributed by atoms with van der Waals surface area (Å²) in [4.78, 5) is 0. The standard InChI is InChI=1S/C8H10N2O5S/c1-3(11)4-2-5(9)7-8(6(4)10)15-16(12,13)14-7/h2-3,11H,9-10H2,1H3. The van der Waals surface area contributed by atoms with E-state index in [1.165, 1.54) is 13.0 Å². The minimum atomic E-state index is -4.13. The molecule has 0 saturated heterocycles. The van der Waals surface area contributed by atoms with Crippen molar-refractivity contribution in [1.29, 1.82) is 0 Å². The molecule has 0 saturated carbocycles. The Hall–Kier alpha value is -1.67. The van der Waals surface area contributed by atoms with E-state index in [1.54, 1.807) is 0 Å².